The van der Waals surface area contributed by atoms with Gasteiger partial charge in [0.25, 0.3) is 0 Å². The zero-order chi connectivity index (χ0) is 31.8. The number of benzene rings is 3. The number of ether oxygens (including phenoxy) is 1. The van der Waals surface area contributed by atoms with E-state index in [1.807, 2.05) is 82.3 Å². The van der Waals surface area contributed by atoms with Crippen LogP contribution in [-0.2, 0) is 27.3 Å². The number of carbonyl (C=O) groups excluding carboxylic acids is 3. The van der Waals surface area contributed by atoms with E-state index in [-0.39, 0.29) is 18.1 Å². The SMILES string of the molecule is CCC(C)(C)N(C(=O)C(Cc1ccc(O)cc1)NC(=O)OC(C)(C)C)C(C(=O)NCc1ccccc1)c1ccccc1C. The number of carbonyl (C=O) groups is 3. The van der Waals surface area contributed by atoms with Crippen LogP contribution in [-0.4, -0.2) is 45.1 Å². The molecule has 230 valence electrons. The second-order valence-electron chi connectivity index (χ2n) is 12.4. The molecule has 0 aliphatic carbocycles. The van der Waals surface area contributed by atoms with Crippen molar-refractivity contribution in [1.82, 2.24) is 15.5 Å². The Morgan fingerprint density at radius 1 is 0.860 bits per heavy atom. The van der Waals surface area contributed by atoms with Gasteiger partial charge < -0.3 is 25.4 Å². The van der Waals surface area contributed by atoms with Crippen molar-refractivity contribution in [3.05, 3.63) is 101 Å². The highest BCUT2D eigenvalue weighted by molar-refractivity contribution is 5.93. The number of rotatable bonds is 11. The molecule has 2 atom stereocenters. The van der Waals surface area contributed by atoms with E-state index < -0.39 is 35.2 Å². The van der Waals surface area contributed by atoms with E-state index in [1.54, 1.807) is 37.8 Å². The third-order valence-electron chi connectivity index (χ3n) is 7.42. The number of alkyl carbamates (subject to hydrolysis) is 1. The highest BCUT2D eigenvalue weighted by atomic mass is 16.6. The number of hydrogen-bond acceptors (Lipinski definition) is 5. The molecule has 0 spiro atoms. The Morgan fingerprint density at radius 3 is 2.05 bits per heavy atom. The Kier molecular flexibility index (Phi) is 11.0. The van der Waals surface area contributed by atoms with Crippen LogP contribution in [0.3, 0.4) is 0 Å². The molecule has 0 saturated carbocycles. The molecule has 3 rings (SSSR count). The maximum Gasteiger partial charge on any atom is 0.408 e. The summed E-state index contributed by atoms with van der Waals surface area (Å²) in [6, 6.07) is 21.6. The number of aromatic hydroxyl groups is 1. The standard InChI is InChI=1S/C35H45N3O5/c1-8-35(6,7)38(30(28-17-13-12-14-24(28)2)31(40)36-23-26-15-10-9-11-16-26)32(41)29(37-33(42)43-34(3,4)5)22-25-18-20-27(39)21-19-25/h9-21,29-30,39H,8,22-23H2,1-7H3,(H,36,40)(H,37,42). The maximum atomic E-state index is 14.8. The molecule has 0 aromatic heterocycles. The predicted molar refractivity (Wildman–Crippen MR) is 168 cm³/mol. The van der Waals surface area contributed by atoms with E-state index in [0.29, 0.717) is 18.5 Å². The summed E-state index contributed by atoms with van der Waals surface area (Å²) < 4.78 is 5.53. The van der Waals surface area contributed by atoms with Crippen molar-refractivity contribution < 1.29 is 24.2 Å². The molecule has 3 N–H and O–H groups in total. The fourth-order valence-electron chi connectivity index (χ4n) is 4.80. The largest absolute Gasteiger partial charge is 0.508 e. The van der Waals surface area contributed by atoms with Crippen molar-refractivity contribution in [1.29, 1.82) is 0 Å². The minimum atomic E-state index is -1.06. The van der Waals surface area contributed by atoms with Gasteiger partial charge in [0.05, 0.1) is 0 Å². The second kappa shape index (κ2) is 14.2. The Hall–Kier alpha value is -4.33. The molecule has 3 aromatic carbocycles. The van der Waals surface area contributed by atoms with E-state index in [9.17, 15) is 19.5 Å². The average molecular weight is 588 g/mol. The molecule has 0 aliphatic rings. The molecule has 0 saturated heterocycles. The Bertz CT molecular complexity index is 1380. The molecule has 0 heterocycles. The van der Waals surface area contributed by atoms with Gasteiger partial charge in [0.1, 0.15) is 23.4 Å². The molecule has 43 heavy (non-hydrogen) atoms. The summed E-state index contributed by atoms with van der Waals surface area (Å²) in [6.07, 6.45) is -0.0634. The number of hydrogen-bond donors (Lipinski definition) is 3. The van der Waals surface area contributed by atoms with E-state index in [2.05, 4.69) is 10.6 Å². The molecule has 2 unspecified atom stereocenters. The molecule has 0 aliphatic heterocycles. The minimum Gasteiger partial charge on any atom is -0.508 e. The zero-order valence-corrected chi connectivity index (χ0v) is 26.3. The van der Waals surface area contributed by atoms with Gasteiger partial charge in [0.15, 0.2) is 0 Å². The van der Waals surface area contributed by atoms with Crippen molar-refractivity contribution in [2.75, 3.05) is 0 Å². The molecule has 8 nitrogen and oxygen atoms in total. The van der Waals surface area contributed by atoms with Gasteiger partial charge in [-0.15, -0.1) is 0 Å². The van der Waals surface area contributed by atoms with E-state index in [0.717, 1.165) is 16.7 Å². The number of phenolic OH excluding ortho intramolecular Hbond substituents is 1. The molecule has 0 radical (unpaired) electrons. The lowest BCUT2D eigenvalue weighted by Gasteiger charge is -2.45. The number of aryl methyl sites for hydroxylation is 1. The van der Waals surface area contributed by atoms with Crippen LogP contribution in [0.5, 0.6) is 5.75 Å². The minimum absolute atomic E-state index is 0.0928. The first-order valence-electron chi connectivity index (χ1n) is 14.7. The first-order chi connectivity index (χ1) is 20.2. The first-order valence-corrected chi connectivity index (χ1v) is 14.7. The van der Waals surface area contributed by atoms with E-state index >= 15 is 0 Å². The van der Waals surface area contributed by atoms with Gasteiger partial charge in [-0.1, -0.05) is 73.7 Å². The molecule has 0 bridgehead atoms. The normalized spacial score (nSPS) is 13.0. The molecule has 0 fully saturated rings. The number of phenols is 1. The third kappa shape index (κ3) is 9.33. The fraction of sp³-hybridized carbons (Fsp3) is 0.400. The molecule has 3 aromatic rings. The summed E-state index contributed by atoms with van der Waals surface area (Å²) in [4.78, 5) is 43.5. The fourth-order valence-corrected chi connectivity index (χ4v) is 4.80. The van der Waals surface area contributed by atoms with E-state index in [4.69, 9.17) is 4.74 Å². The van der Waals surface area contributed by atoms with E-state index in [1.165, 1.54) is 12.1 Å². The molecular formula is C35H45N3O5. The number of nitrogens with one attached hydrogen (secondary N) is 2. The van der Waals surface area contributed by atoms with Crippen LogP contribution in [0.15, 0.2) is 78.9 Å². The Labute approximate surface area is 255 Å². The molecular weight excluding hydrogens is 542 g/mol. The summed E-state index contributed by atoms with van der Waals surface area (Å²) in [5.74, 6) is -0.655. The first kappa shape index (κ1) is 33.2. The van der Waals surface area contributed by atoms with Crippen molar-refractivity contribution in [2.24, 2.45) is 0 Å². The van der Waals surface area contributed by atoms with Crippen LogP contribution in [0.1, 0.15) is 76.3 Å². The van der Waals surface area contributed by atoms with Crippen LogP contribution < -0.4 is 10.6 Å². The van der Waals surface area contributed by atoms with Gasteiger partial charge in [0.2, 0.25) is 11.8 Å². The second-order valence-corrected chi connectivity index (χ2v) is 12.4. The maximum absolute atomic E-state index is 14.8. The Morgan fingerprint density at radius 2 is 1.47 bits per heavy atom. The Balaban J connectivity index is 2.10. The lowest BCUT2D eigenvalue weighted by atomic mass is 9.89. The van der Waals surface area contributed by atoms with Crippen LogP contribution in [0.4, 0.5) is 4.79 Å². The predicted octanol–water partition coefficient (Wildman–Crippen LogP) is 6.21. The van der Waals surface area contributed by atoms with Crippen LogP contribution >= 0.6 is 0 Å². The van der Waals surface area contributed by atoms with Crippen molar-refractivity contribution in [3.63, 3.8) is 0 Å². The molecule has 8 heteroatoms. The van der Waals surface area contributed by atoms with Gasteiger partial charge in [-0.3, -0.25) is 9.59 Å². The topological polar surface area (TPSA) is 108 Å². The smallest absolute Gasteiger partial charge is 0.408 e. The zero-order valence-electron chi connectivity index (χ0n) is 26.3. The highest BCUT2D eigenvalue weighted by Crippen LogP contribution is 2.34. The number of amides is 3. The monoisotopic (exact) mass is 587 g/mol. The van der Waals surface area contributed by atoms with Crippen LogP contribution in [0.2, 0.25) is 0 Å². The van der Waals surface area contributed by atoms with Crippen LogP contribution in [0.25, 0.3) is 0 Å². The molecule has 3 amide bonds. The van der Waals surface area contributed by atoms with Gasteiger partial charge in [-0.25, -0.2) is 4.79 Å². The van der Waals surface area contributed by atoms with Crippen molar-refractivity contribution in [3.8, 4) is 5.75 Å². The summed E-state index contributed by atoms with van der Waals surface area (Å²) in [5.41, 5.74) is 1.66. The lowest BCUT2D eigenvalue weighted by molar-refractivity contribution is -0.149. The third-order valence-corrected chi connectivity index (χ3v) is 7.42. The summed E-state index contributed by atoms with van der Waals surface area (Å²) in [5, 5.41) is 15.6. The van der Waals surface area contributed by atoms with Gasteiger partial charge >= 0.3 is 6.09 Å². The van der Waals surface area contributed by atoms with Gasteiger partial charge in [0, 0.05) is 18.5 Å². The number of nitrogens with zero attached hydrogens (tertiary/aromatic N) is 1. The van der Waals surface area contributed by atoms with Crippen LogP contribution in [0, 0.1) is 6.92 Å². The lowest BCUT2D eigenvalue weighted by Crippen LogP contribution is -2.60. The van der Waals surface area contributed by atoms with Crippen molar-refractivity contribution >= 4 is 17.9 Å². The van der Waals surface area contributed by atoms with Crippen molar-refractivity contribution in [2.45, 2.75) is 91.1 Å². The van der Waals surface area contributed by atoms with Gasteiger partial charge in [-0.2, -0.15) is 0 Å². The summed E-state index contributed by atoms with van der Waals surface area (Å²) >= 11 is 0. The quantitative estimate of drug-likeness (QED) is 0.247. The summed E-state index contributed by atoms with van der Waals surface area (Å²) in [6.45, 7) is 13.3. The highest BCUT2D eigenvalue weighted by Gasteiger charge is 2.43. The summed E-state index contributed by atoms with van der Waals surface area (Å²) in [7, 11) is 0. The average Bonchev–Trinajstić information content (AvgIpc) is 2.95. The van der Waals surface area contributed by atoms with Gasteiger partial charge in [-0.05, 0) is 82.3 Å².